The first kappa shape index (κ1) is 12.0. The second-order valence-electron chi connectivity index (χ2n) is 3.06. The molecule has 1 rings (SSSR count). The number of halogens is 1. The highest BCUT2D eigenvalue weighted by molar-refractivity contribution is 14.1. The maximum atomic E-state index is 11.3. The van der Waals surface area contributed by atoms with E-state index < -0.39 is 0 Å². The van der Waals surface area contributed by atoms with Crippen LogP contribution in [0.1, 0.15) is 12.5 Å². The van der Waals surface area contributed by atoms with Gasteiger partial charge in [-0.1, -0.05) is 6.08 Å². The Labute approximate surface area is 103 Å². The molecule has 0 unspecified atom stereocenters. The zero-order valence-electron chi connectivity index (χ0n) is 8.67. The van der Waals surface area contributed by atoms with E-state index in [1.165, 1.54) is 0 Å². The van der Waals surface area contributed by atoms with Crippen molar-refractivity contribution in [1.82, 2.24) is 5.32 Å². The number of amides is 2. The average Bonchev–Trinajstić information content (AvgIpc) is 2.19. The third kappa shape index (κ3) is 3.91. The zero-order valence-corrected chi connectivity index (χ0v) is 10.8. The first-order valence-electron chi connectivity index (χ1n) is 4.58. The van der Waals surface area contributed by atoms with E-state index in [0.29, 0.717) is 0 Å². The number of benzene rings is 1. The topological polar surface area (TPSA) is 41.1 Å². The largest absolute Gasteiger partial charge is 0.323 e. The molecule has 0 saturated heterocycles. The third-order valence-electron chi connectivity index (χ3n) is 1.82. The standard InChI is InChI=1S/C11H13IN2O/c1-3-6-13-11(15)14-10-5-4-9(12)7-8(10)2/h3-7H,1-2H3,(H2,13,14,15)/b6-3+. The van der Waals surface area contributed by atoms with Gasteiger partial charge in [0.1, 0.15) is 0 Å². The molecule has 1 aromatic rings. The summed E-state index contributed by atoms with van der Waals surface area (Å²) in [6.07, 6.45) is 3.36. The number of hydrogen-bond donors (Lipinski definition) is 2. The molecule has 2 N–H and O–H groups in total. The number of urea groups is 1. The molecule has 80 valence electrons. The van der Waals surface area contributed by atoms with Gasteiger partial charge >= 0.3 is 6.03 Å². The van der Waals surface area contributed by atoms with Crippen LogP contribution in [0.2, 0.25) is 0 Å². The number of carbonyl (C=O) groups excluding carboxylic acids is 1. The number of carbonyl (C=O) groups is 1. The molecule has 3 nitrogen and oxygen atoms in total. The Morgan fingerprint density at radius 1 is 1.47 bits per heavy atom. The van der Waals surface area contributed by atoms with Crippen molar-refractivity contribution >= 4 is 34.3 Å². The molecule has 0 saturated carbocycles. The summed E-state index contributed by atoms with van der Waals surface area (Å²) in [6, 6.07) is 5.65. The van der Waals surface area contributed by atoms with Crippen molar-refractivity contribution in [2.45, 2.75) is 13.8 Å². The molecule has 0 aliphatic heterocycles. The molecule has 2 amide bonds. The molecule has 0 fully saturated rings. The lowest BCUT2D eigenvalue weighted by Crippen LogP contribution is -2.24. The summed E-state index contributed by atoms with van der Waals surface area (Å²) < 4.78 is 1.16. The molecular formula is C11H13IN2O. The van der Waals surface area contributed by atoms with Crippen molar-refractivity contribution in [2.75, 3.05) is 5.32 Å². The predicted octanol–water partition coefficient (Wildman–Crippen LogP) is 3.25. The number of aryl methyl sites for hydroxylation is 1. The number of anilines is 1. The van der Waals surface area contributed by atoms with E-state index in [-0.39, 0.29) is 6.03 Å². The Balaban J connectivity index is 2.68. The third-order valence-corrected chi connectivity index (χ3v) is 2.49. The number of rotatable bonds is 2. The molecule has 1 aromatic carbocycles. The molecule has 0 heterocycles. The summed E-state index contributed by atoms with van der Waals surface area (Å²) in [6.45, 7) is 3.81. The van der Waals surface area contributed by atoms with Crippen LogP contribution in [0, 0.1) is 10.5 Å². The summed E-state index contributed by atoms with van der Waals surface area (Å²) in [5.74, 6) is 0. The van der Waals surface area contributed by atoms with Gasteiger partial charge < -0.3 is 10.6 Å². The minimum Gasteiger partial charge on any atom is -0.315 e. The van der Waals surface area contributed by atoms with Crippen LogP contribution < -0.4 is 10.6 Å². The summed E-state index contributed by atoms with van der Waals surface area (Å²) in [5.41, 5.74) is 1.88. The second-order valence-corrected chi connectivity index (χ2v) is 4.30. The number of hydrogen-bond acceptors (Lipinski definition) is 1. The second kappa shape index (κ2) is 5.75. The Morgan fingerprint density at radius 3 is 2.80 bits per heavy atom. The van der Waals surface area contributed by atoms with Gasteiger partial charge in [-0.25, -0.2) is 4.79 Å². The lowest BCUT2D eigenvalue weighted by atomic mass is 10.2. The fourth-order valence-corrected chi connectivity index (χ4v) is 1.73. The fourth-order valence-electron chi connectivity index (χ4n) is 1.08. The van der Waals surface area contributed by atoms with Crippen molar-refractivity contribution in [3.05, 3.63) is 39.6 Å². The Kier molecular flexibility index (Phi) is 4.61. The minimum atomic E-state index is -0.225. The summed E-state index contributed by atoms with van der Waals surface area (Å²) >= 11 is 2.24. The molecule has 15 heavy (non-hydrogen) atoms. The molecule has 0 radical (unpaired) electrons. The molecule has 0 aromatic heterocycles. The molecule has 4 heteroatoms. The quantitative estimate of drug-likeness (QED) is 0.808. The van der Waals surface area contributed by atoms with E-state index in [1.807, 2.05) is 32.0 Å². The van der Waals surface area contributed by atoms with Gasteiger partial charge in [0.2, 0.25) is 0 Å². The van der Waals surface area contributed by atoms with E-state index in [2.05, 4.69) is 33.2 Å². The molecule has 0 bridgehead atoms. The lowest BCUT2D eigenvalue weighted by molar-refractivity contribution is 0.255. The van der Waals surface area contributed by atoms with Gasteiger partial charge in [0.05, 0.1) is 0 Å². The number of nitrogens with one attached hydrogen (secondary N) is 2. The molecule has 0 aliphatic carbocycles. The zero-order chi connectivity index (χ0) is 11.3. The highest BCUT2D eigenvalue weighted by Crippen LogP contribution is 2.17. The Morgan fingerprint density at radius 2 is 2.20 bits per heavy atom. The monoisotopic (exact) mass is 316 g/mol. The molecule has 0 aliphatic rings. The van der Waals surface area contributed by atoms with Crippen molar-refractivity contribution in [3.63, 3.8) is 0 Å². The SMILES string of the molecule is C/C=C/NC(=O)Nc1ccc(I)cc1C. The van der Waals surface area contributed by atoms with Crippen LogP contribution in [0.4, 0.5) is 10.5 Å². The van der Waals surface area contributed by atoms with Gasteiger partial charge in [-0.2, -0.15) is 0 Å². The Hall–Kier alpha value is -1.04. The maximum Gasteiger partial charge on any atom is 0.323 e. The van der Waals surface area contributed by atoms with E-state index >= 15 is 0 Å². The van der Waals surface area contributed by atoms with Gasteiger partial charge in [-0.15, -0.1) is 0 Å². The fraction of sp³-hybridized carbons (Fsp3) is 0.182. The summed E-state index contributed by atoms with van der Waals surface area (Å²) in [4.78, 5) is 11.3. The highest BCUT2D eigenvalue weighted by atomic mass is 127. The van der Waals surface area contributed by atoms with Gasteiger partial charge in [0, 0.05) is 15.5 Å². The van der Waals surface area contributed by atoms with Crippen LogP contribution in [-0.2, 0) is 0 Å². The first-order valence-corrected chi connectivity index (χ1v) is 5.66. The molecular weight excluding hydrogens is 303 g/mol. The van der Waals surface area contributed by atoms with E-state index in [9.17, 15) is 4.79 Å². The van der Waals surface area contributed by atoms with Gasteiger partial charge in [-0.3, -0.25) is 0 Å². The first-order chi connectivity index (χ1) is 7.13. The Bertz CT molecular complexity index is 388. The van der Waals surface area contributed by atoms with E-state index in [0.717, 1.165) is 14.8 Å². The smallest absolute Gasteiger partial charge is 0.315 e. The van der Waals surface area contributed by atoms with Crippen LogP contribution in [0.5, 0.6) is 0 Å². The van der Waals surface area contributed by atoms with Crippen LogP contribution >= 0.6 is 22.6 Å². The van der Waals surface area contributed by atoms with E-state index in [1.54, 1.807) is 12.3 Å². The van der Waals surface area contributed by atoms with E-state index in [4.69, 9.17) is 0 Å². The van der Waals surface area contributed by atoms with Crippen LogP contribution in [0.3, 0.4) is 0 Å². The molecule has 0 spiro atoms. The van der Waals surface area contributed by atoms with Crippen molar-refractivity contribution < 1.29 is 4.79 Å². The molecule has 0 atom stereocenters. The van der Waals surface area contributed by atoms with Crippen molar-refractivity contribution in [3.8, 4) is 0 Å². The summed E-state index contributed by atoms with van der Waals surface area (Å²) in [5, 5.41) is 5.36. The van der Waals surface area contributed by atoms with Gasteiger partial charge in [-0.05, 0) is 60.2 Å². The van der Waals surface area contributed by atoms with Crippen LogP contribution in [0.25, 0.3) is 0 Å². The summed E-state index contributed by atoms with van der Waals surface area (Å²) in [7, 11) is 0. The minimum absolute atomic E-state index is 0.225. The van der Waals surface area contributed by atoms with Gasteiger partial charge in [0.25, 0.3) is 0 Å². The maximum absolute atomic E-state index is 11.3. The van der Waals surface area contributed by atoms with Crippen LogP contribution in [0.15, 0.2) is 30.5 Å². The van der Waals surface area contributed by atoms with Crippen molar-refractivity contribution in [2.24, 2.45) is 0 Å². The predicted molar refractivity (Wildman–Crippen MR) is 70.9 cm³/mol. The normalized spacial score (nSPS) is 10.3. The number of allylic oxidation sites excluding steroid dienone is 1. The highest BCUT2D eigenvalue weighted by Gasteiger charge is 2.02. The van der Waals surface area contributed by atoms with Crippen LogP contribution in [-0.4, -0.2) is 6.03 Å². The van der Waals surface area contributed by atoms with Crippen molar-refractivity contribution in [1.29, 1.82) is 0 Å². The average molecular weight is 316 g/mol. The van der Waals surface area contributed by atoms with Gasteiger partial charge in [0.15, 0.2) is 0 Å². The lowest BCUT2D eigenvalue weighted by Gasteiger charge is -2.07.